The Morgan fingerprint density at radius 1 is 0.714 bits per heavy atom. The Labute approximate surface area is 243 Å². The average Bonchev–Trinajstić information content (AvgIpc) is 2.90. The van der Waals surface area contributed by atoms with Gasteiger partial charge in [0.15, 0.2) is 23.0 Å². The van der Waals surface area contributed by atoms with Gasteiger partial charge in [-0.25, -0.2) is 0 Å². The van der Waals surface area contributed by atoms with Crippen molar-refractivity contribution in [1.29, 1.82) is 0 Å². The Morgan fingerprint density at radius 2 is 1.36 bits per heavy atom. The lowest BCUT2D eigenvalue weighted by Gasteiger charge is -2.29. The molecule has 0 bridgehead atoms. The van der Waals surface area contributed by atoms with Gasteiger partial charge in [0.1, 0.15) is 19.3 Å². The van der Waals surface area contributed by atoms with Gasteiger partial charge in [-0.2, -0.15) is 0 Å². The maximum absolute atomic E-state index is 12.4. The molecule has 42 heavy (non-hydrogen) atoms. The van der Waals surface area contributed by atoms with Crippen molar-refractivity contribution in [2.75, 3.05) is 27.4 Å². The Balaban J connectivity index is 2.83. The van der Waals surface area contributed by atoms with Gasteiger partial charge in [0.05, 0.1) is 20.1 Å². The Morgan fingerprint density at radius 3 is 1.90 bits per heavy atom. The number of carbonyl (C=O) groups excluding carboxylic acids is 5. The molecule has 0 aromatic heterocycles. The Hall–Kier alpha value is -4.87. The fourth-order valence-corrected chi connectivity index (χ4v) is 3.98. The molecule has 0 spiro atoms. The van der Waals surface area contributed by atoms with Crippen molar-refractivity contribution in [2.24, 2.45) is 0 Å². The summed E-state index contributed by atoms with van der Waals surface area (Å²) in [5.74, 6) is -3.42. The molecule has 0 aliphatic rings. The minimum atomic E-state index is -1.12. The molecule has 0 aliphatic carbocycles. The van der Waals surface area contributed by atoms with E-state index >= 15 is 0 Å². The second-order valence-electron chi connectivity index (χ2n) is 8.88. The molecule has 0 heterocycles. The van der Waals surface area contributed by atoms with E-state index in [1.165, 1.54) is 61.0 Å². The summed E-state index contributed by atoms with van der Waals surface area (Å²) in [4.78, 5) is 59.1. The molecule has 2 aromatic carbocycles. The summed E-state index contributed by atoms with van der Waals surface area (Å²) in [7, 11) is 2.75. The molecule has 0 aliphatic heterocycles. The van der Waals surface area contributed by atoms with Gasteiger partial charge in [-0.15, -0.1) is 0 Å². The molecule has 0 amide bonds. The van der Waals surface area contributed by atoms with E-state index < -0.39 is 41.9 Å². The lowest BCUT2D eigenvalue weighted by Crippen LogP contribution is -2.24. The van der Waals surface area contributed by atoms with Crippen LogP contribution in [0, 0.1) is 0 Å². The molecule has 0 saturated heterocycles. The number of hydrogen-bond acceptors (Lipinski definition) is 12. The van der Waals surface area contributed by atoms with Crippen molar-refractivity contribution in [3.8, 4) is 23.0 Å². The van der Waals surface area contributed by atoms with Gasteiger partial charge in [0, 0.05) is 40.2 Å². The van der Waals surface area contributed by atoms with Gasteiger partial charge < -0.3 is 33.2 Å². The van der Waals surface area contributed by atoms with Crippen LogP contribution in [0.25, 0.3) is 6.08 Å². The van der Waals surface area contributed by atoms with Crippen LogP contribution in [0.2, 0.25) is 0 Å². The number of methoxy groups -OCH3 is 2. The smallest absolute Gasteiger partial charge is 0.308 e. The number of hydrogen-bond donors (Lipinski definition) is 0. The van der Waals surface area contributed by atoms with Gasteiger partial charge in [-0.3, -0.25) is 24.0 Å². The van der Waals surface area contributed by atoms with E-state index in [0.717, 1.165) is 0 Å². The minimum Gasteiger partial charge on any atom is -0.493 e. The minimum absolute atomic E-state index is 0.000105. The van der Waals surface area contributed by atoms with Crippen LogP contribution >= 0.6 is 0 Å². The first-order valence-corrected chi connectivity index (χ1v) is 12.7. The molecule has 0 unspecified atom stereocenters. The monoisotopic (exact) mass is 586 g/mol. The lowest BCUT2D eigenvalue weighted by atomic mass is 9.87. The zero-order valence-electron chi connectivity index (χ0n) is 24.5. The van der Waals surface area contributed by atoms with Crippen molar-refractivity contribution >= 4 is 35.9 Å². The van der Waals surface area contributed by atoms with Crippen LogP contribution in [0.4, 0.5) is 0 Å². The summed E-state index contributed by atoms with van der Waals surface area (Å²) in [5.41, 5.74) is 1.23. The number of ether oxygens (including phenoxy) is 7. The standard InChI is InChI=1S/C30H34O12/c1-17(31)38-12-8-9-22-13-24(30(42-21(5)35)28(14-22)37-7)25(16-39-18(2)32)29(41-20(4)34)23-10-11-26(40-19(3)33)27(15-23)36-6/h8-11,13-15,25,29H,12,16H2,1-7H3/b9-8+/t25-,29+/m1/s1. The molecule has 0 fully saturated rings. The fourth-order valence-electron chi connectivity index (χ4n) is 3.98. The van der Waals surface area contributed by atoms with Crippen LogP contribution in [0.1, 0.15) is 63.3 Å². The third kappa shape index (κ3) is 9.95. The Kier molecular flexibility index (Phi) is 12.5. The molecule has 2 aromatic rings. The molecule has 2 rings (SSSR count). The predicted octanol–water partition coefficient (Wildman–Crippen LogP) is 4.08. The summed E-state index contributed by atoms with van der Waals surface area (Å²) in [6, 6.07) is 7.77. The zero-order valence-corrected chi connectivity index (χ0v) is 24.5. The maximum Gasteiger partial charge on any atom is 0.308 e. The molecular formula is C30H34O12. The van der Waals surface area contributed by atoms with E-state index in [9.17, 15) is 24.0 Å². The van der Waals surface area contributed by atoms with Gasteiger partial charge in [0.25, 0.3) is 0 Å². The van der Waals surface area contributed by atoms with Crippen molar-refractivity contribution < 1.29 is 57.1 Å². The van der Waals surface area contributed by atoms with E-state index in [-0.39, 0.29) is 36.2 Å². The van der Waals surface area contributed by atoms with Crippen LogP contribution in [0.5, 0.6) is 23.0 Å². The van der Waals surface area contributed by atoms with Crippen molar-refractivity contribution in [3.05, 3.63) is 53.1 Å². The average molecular weight is 587 g/mol. The fraction of sp³-hybridized carbons (Fsp3) is 0.367. The number of benzene rings is 2. The number of carbonyl (C=O) groups is 5. The largest absolute Gasteiger partial charge is 0.493 e. The molecule has 12 heteroatoms. The molecule has 226 valence electrons. The summed E-state index contributed by atoms with van der Waals surface area (Å²) in [6.45, 7) is 5.85. The second kappa shape index (κ2) is 15.8. The molecule has 2 atom stereocenters. The van der Waals surface area contributed by atoms with Crippen LogP contribution in [0.15, 0.2) is 36.4 Å². The normalized spacial score (nSPS) is 12.1. The van der Waals surface area contributed by atoms with E-state index in [1.807, 2.05) is 0 Å². The molecule has 0 saturated carbocycles. The highest BCUT2D eigenvalue weighted by molar-refractivity contribution is 5.73. The summed E-state index contributed by atoms with van der Waals surface area (Å²) in [5, 5.41) is 0. The molecular weight excluding hydrogens is 552 g/mol. The van der Waals surface area contributed by atoms with Gasteiger partial charge in [-0.05, 0) is 41.5 Å². The van der Waals surface area contributed by atoms with Crippen molar-refractivity contribution in [1.82, 2.24) is 0 Å². The SMILES string of the molecule is COc1cc([C@H](OC(C)=O)[C@H](COC(C)=O)c2cc(/C=C/COC(C)=O)cc(OC)c2OC(C)=O)ccc1OC(C)=O. The quantitative estimate of drug-likeness (QED) is 0.189. The van der Waals surface area contributed by atoms with Gasteiger partial charge in [-0.1, -0.05) is 12.1 Å². The summed E-state index contributed by atoms with van der Waals surface area (Å²) in [6.07, 6.45) is 2.11. The van der Waals surface area contributed by atoms with Crippen LogP contribution in [0.3, 0.4) is 0 Å². The molecule has 0 radical (unpaired) electrons. The van der Waals surface area contributed by atoms with Crippen LogP contribution in [-0.4, -0.2) is 57.3 Å². The van der Waals surface area contributed by atoms with Gasteiger partial charge in [0.2, 0.25) is 0 Å². The van der Waals surface area contributed by atoms with Crippen molar-refractivity contribution in [3.63, 3.8) is 0 Å². The molecule has 0 N–H and O–H groups in total. The number of esters is 5. The topological polar surface area (TPSA) is 150 Å². The van der Waals surface area contributed by atoms with E-state index in [0.29, 0.717) is 16.7 Å². The van der Waals surface area contributed by atoms with Gasteiger partial charge >= 0.3 is 29.8 Å². The highest BCUT2D eigenvalue weighted by Gasteiger charge is 2.34. The third-order valence-corrected chi connectivity index (χ3v) is 5.56. The first-order valence-electron chi connectivity index (χ1n) is 12.7. The zero-order chi connectivity index (χ0) is 31.4. The first kappa shape index (κ1) is 33.3. The van der Waals surface area contributed by atoms with E-state index in [1.54, 1.807) is 30.4 Å². The number of rotatable bonds is 13. The molecule has 12 nitrogen and oxygen atoms in total. The first-order chi connectivity index (χ1) is 19.9. The third-order valence-electron chi connectivity index (χ3n) is 5.56. The lowest BCUT2D eigenvalue weighted by molar-refractivity contribution is -0.151. The van der Waals surface area contributed by atoms with Crippen molar-refractivity contribution in [2.45, 2.75) is 46.6 Å². The van der Waals surface area contributed by atoms with Crippen LogP contribution < -0.4 is 18.9 Å². The summed E-state index contributed by atoms with van der Waals surface area (Å²) < 4.78 is 37.7. The maximum atomic E-state index is 12.4. The summed E-state index contributed by atoms with van der Waals surface area (Å²) >= 11 is 0. The van der Waals surface area contributed by atoms with E-state index in [4.69, 9.17) is 33.2 Å². The second-order valence-corrected chi connectivity index (χ2v) is 8.88. The Bertz CT molecular complexity index is 1340. The highest BCUT2D eigenvalue weighted by atomic mass is 16.6. The van der Waals surface area contributed by atoms with E-state index in [2.05, 4.69) is 0 Å². The van der Waals surface area contributed by atoms with Crippen LogP contribution in [-0.2, 0) is 38.2 Å². The predicted molar refractivity (Wildman–Crippen MR) is 148 cm³/mol. The highest BCUT2D eigenvalue weighted by Crippen LogP contribution is 2.45.